The normalized spacial score (nSPS) is 13.3. The summed E-state index contributed by atoms with van der Waals surface area (Å²) in [4.78, 5) is 38.8. The Morgan fingerprint density at radius 1 is 1.13 bits per heavy atom. The summed E-state index contributed by atoms with van der Waals surface area (Å²) in [5.74, 6) is -1.48. The van der Waals surface area contributed by atoms with Gasteiger partial charge in [0.2, 0.25) is 5.91 Å². The molecule has 2 heterocycles. The van der Waals surface area contributed by atoms with Gasteiger partial charge < -0.3 is 9.88 Å². The van der Waals surface area contributed by atoms with Gasteiger partial charge in [0.1, 0.15) is 11.5 Å². The molecule has 23 heavy (non-hydrogen) atoms. The first-order chi connectivity index (χ1) is 10.5. The highest BCUT2D eigenvalue weighted by molar-refractivity contribution is 5.74. The second kappa shape index (κ2) is 5.25. The number of carbonyl (C=O) groups is 1. The zero-order chi connectivity index (χ0) is 17.7. The Morgan fingerprint density at radius 2 is 1.70 bits per heavy atom. The summed E-state index contributed by atoms with van der Waals surface area (Å²) in [5, 5.41) is 1.76. The lowest BCUT2D eigenvalue weighted by Gasteiger charge is -2.20. The van der Waals surface area contributed by atoms with Crippen molar-refractivity contribution in [2.45, 2.75) is 19.1 Å². The summed E-state index contributed by atoms with van der Waals surface area (Å²) in [6.07, 6.45) is -4.81. The molecule has 11 heteroatoms. The summed E-state index contributed by atoms with van der Waals surface area (Å²) in [6.45, 7) is 0.941. The Labute approximate surface area is 127 Å². The number of rotatable bonds is 2. The Kier molecular flexibility index (Phi) is 3.83. The average molecular weight is 333 g/mol. The number of hydrogen-bond donors (Lipinski definition) is 1. The monoisotopic (exact) mass is 333 g/mol. The minimum absolute atomic E-state index is 0.0623. The highest BCUT2D eigenvalue weighted by atomic mass is 19.4. The molecule has 2 aromatic rings. The fourth-order valence-corrected chi connectivity index (χ4v) is 2.35. The molecule has 1 N–H and O–H groups in total. The first-order valence-corrected chi connectivity index (χ1v) is 6.43. The highest BCUT2D eigenvalue weighted by Crippen LogP contribution is 2.32. The Bertz CT molecular complexity index is 906. The maximum atomic E-state index is 13.2. The van der Waals surface area contributed by atoms with Crippen LogP contribution in [0.1, 0.15) is 18.8 Å². The number of halogens is 3. The minimum Gasteiger partial charge on any atom is -0.339 e. The van der Waals surface area contributed by atoms with Gasteiger partial charge in [-0.3, -0.25) is 18.7 Å². The molecule has 0 aliphatic rings. The van der Waals surface area contributed by atoms with Crippen LogP contribution in [-0.2, 0) is 25.9 Å². The van der Waals surface area contributed by atoms with E-state index in [-0.39, 0.29) is 11.2 Å². The number of carbonyl (C=O) groups excluding carboxylic acids is 1. The van der Waals surface area contributed by atoms with Crippen LogP contribution in [0.25, 0.3) is 11.2 Å². The Balaban J connectivity index is 2.86. The number of alkyl halides is 3. The molecule has 0 bridgehead atoms. The van der Waals surface area contributed by atoms with Crippen LogP contribution in [0.2, 0.25) is 0 Å². The molecule has 0 saturated carbocycles. The van der Waals surface area contributed by atoms with Gasteiger partial charge >= 0.3 is 11.9 Å². The quantitative estimate of drug-likeness (QED) is 0.818. The smallest absolute Gasteiger partial charge is 0.339 e. The maximum Gasteiger partial charge on any atom is 0.415 e. The number of imidazole rings is 1. The van der Waals surface area contributed by atoms with Crippen molar-refractivity contribution in [1.29, 1.82) is 0 Å². The molecule has 0 radical (unpaired) electrons. The first kappa shape index (κ1) is 16.8. The van der Waals surface area contributed by atoms with Crippen LogP contribution < -0.4 is 16.6 Å². The van der Waals surface area contributed by atoms with Crippen molar-refractivity contribution >= 4 is 17.1 Å². The largest absolute Gasteiger partial charge is 0.415 e. The predicted octanol–water partition coefficient (Wildman–Crippen LogP) is -0.290. The lowest BCUT2D eigenvalue weighted by molar-refractivity contribution is -0.164. The van der Waals surface area contributed by atoms with E-state index in [1.54, 1.807) is 5.32 Å². The summed E-state index contributed by atoms with van der Waals surface area (Å²) in [5.41, 5.74) is -1.85. The van der Waals surface area contributed by atoms with E-state index in [9.17, 15) is 27.6 Å². The van der Waals surface area contributed by atoms with Crippen molar-refractivity contribution < 1.29 is 18.0 Å². The minimum atomic E-state index is -4.81. The predicted molar refractivity (Wildman–Crippen MR) is 73.8 cm³/mol. The van der Waals surface area contributed by atoms with Crippen LogP contribution in [-0.4, -0.2) is 30.8 Å². The van der Waals surface area contributed by atoms with Crippen molar-refractivity contribution in [1.82, 2.24) is 24.0 Å². The zero-order valence-corrected chi connectivity index (χ0v) is 12.7. The molecule has 0 aliphatic heterocycles. The average Bonchev–Trinajstić information content (AvgIpc) is 2.76. The fourth-order valence-electron chi connectivity index (χ4n) is 2.35. The zero-order valence-electron chi connectivity index (χ0n) is 12.7. The van der Waals surface area contributed by atoms with E-state index < -0.39 is 35.2 Å². The standard InChI is InChI=1S/C12H14F3N5O3/c1-5(21)16-7(12(13,14)15)8-17-6-9(18(8)2)19(3)11(23)20(4)10(6)22/h7H,1-4H3,(H,16,21). The third-order valence-electron chi connectivity index (χ3n) is 3.43. The SMILES string of the molecule is CC(=O)NC(c1nc2c(=O)n(C)c(=O)n(C)c2n1C)C(F)(F)F. The summed E-state index contributed by atoms with van der Waals surface area (Å²) >= 11 is 0. The second-order valence-corrected chi connectivity index (χ2v) is 5.08. The van der Waals surface area contributed by atoms with E-state index in [1.165, 1.54) is 21.1 Å². The third kappa shape index (κ3) is 2.62. The molecule has 0 fully saturated rings. The molecule has 0 spiro atoms. The van der Waals surface area contributed by atoms with E-state index in [0.717, 1.165) is 20.6 Å². The molecule has 1 unspecified atom stereocenters. The summed E-state index contributed by atoms with van der Waals surface area (Å²) in [6, 6.07) is -2.39. The number of hydrogen-bond acceptors (Lipinski definition) is 4. The van der Waals surface area contributed by atoms with Crippen LogP contribution in [0.15, 0.2) is 9.59 Å². The van der Waals surface area contributed by atoms with E-state index in [4.69, 9.17) is 0 Å². The van der Waals surface area contributed by atoms with Gasteiger partial charge in [-0.05, 0) is 0 Å². The van der Waals surface area contributed by atoms with Gasteiger partial charge in [0, 0.05) is 28.1 Å². The molecule has 2 aromatic heterocycles. The maximum absolute atomic E-state index is 13.2. The van der Waals surface area contributed by atoms with Gasteiger partial charge in [0.15, 0.2) is 11.6 Å². The number of nitrogens with one attached hydrogen (secondary N) is 1. The Morgan fingerprint density at radius 3 is 2.17 bits per heavy atom. The summed E-state index contributed by atoms with van der Waals surface area (Å²) < 4.78 is 42.4. The molecule has 1 amide bonds. The van der Waals surface area contributed by atoms with Gasteiger partial charge in [0.25, 0.3) is 5.56 Å². The molecule has 0 aliphatic carbocycles. The van der Waals surface area contributed by atoms with Gasteiger partial charge in [-0.25, -0.2) is 9.78 Å². The van der Waals surface area contributed by atoms with Crippen molar-refractivity contribution in [3.63, 3.8) is 0 Å². The van der Waals surface area contributed by atoms with Crippen LogP contribution >= 0.6 is 0 Å². The van der Waals surface area contributed by atoms with Crippen LogP contribution in [0.3, 0.4) is 0 Å². The lowest BCUT2D eigenvalue weighted by atomic mass is 10.2. The van der Waals surface area contributed by atoms with Crippen LogP contribution in [0.4, 0.5) is 13.2 Å². The number of aryl methyl sites for hydroxylation is 2. The van der Waals surface area contributed by atoms with Crippen molar-refractivity contribution in [3.05, 3.63) is 26.7 Å². The molecule has 2 rings (SSSR count). The van der Waals surface area contributed by atoms with Crippen LogP contribution in [0.5, 0.6) is 0 Å². The first-order valence-electron chi connectivity index (χ1n) is 6.43. The highest BCUT2D eigenvalue weighted by Gasteiger charge is 2.44. The molecule has 0 saturated heterocycles. The van der Waals surface area contributed by atoms with E-state index in [1.807, 2.05) is 0 Å². The molecule has 1 atom stereocenters. The van der Waals surface area contributed by atoms with Gasteiger partial charge in [-0.15, -0.1) is 0 Å². The number of fused-ring (bicyclic) bond motifs is 1. The third-order valence-corrected chi connectivity index (χ3v) is 3.43. The second-order valence-electron chi connectivity index (χ2n) is 5.08. The van der Waals surface area contributed by atoms with Crippen LogP contribution in [0, 0.1) is 0 Å². The van der Waals surface area contributed by atoms with Crippen molar-refractivity contribution in [2.75, 3.05) is 0 Å². The van der Waals surface area contributed by atoms with E-state index in [0.29, 0.717) is 0 Å². The number of nitrogens with zero attached hydrogens (tertiary/aromatic N) is 4. The van der Waals surface area contributed by atoms with Gasteiger partial charge in [-0.2, -0.15) is 13.2 Å². The Hall–Kier alpha value is -2.59. The fraction of sp³-hybridized carbons (Fsp3) is 0.500. The van der Waals surface area contributed by atoms with Crippen molar-refractivity contribution in [3.8, 4) is 0 Å². The number of aromatic nitrogens is 4. The number of amides is 1. The summed E-state index contributed by atoms with van der Waals surface area (Å²) in [7, 11) is 3.76. The molecule has 0 aromatic carbocycles. The molecular weight excluding hydrogens is 319 g/mol. The molecule has 126 valence electrons. The molecular formula is C12H14F3N5O3. The lowest BCUT2D eigenvalue weighted by Crippen LogP contribution is -2.38. The van der Waals surface area contributed by atoms with Crippen molar-refractivity contribution in [2.24, 2.45) is 21.1 Å². The van der Waals surface area contributed by atoms with Gasteiger partial charge in [0.05, 0.1) is 0 Å². The van der Waals surface area contributed by atoms with E-state index >= 15 is 0 Å². The molecule has 8 nitrogen and oxygen atoms in total. The topological polar surface area (TPSA) is 90.9 Å². The van der Waals surface area contributed by atoms with Gasteiger partial charge in [-0.1, -0.05) is 0 Å². The van der Waals surface area contributed by atoms with E-state index in [2.05, 4.69) is 4.98 Å².